The number of amides is 2. The van der Waals surface area contributed by atoms with E-state index < -0.39 is 17.5 Å². The van der Waals surface area contributed by atoms with Gasteiger partial charge in [0, 0.05) is 48.3 Å². The van der Waals surface area contributed by atoms with Gasteiger partial charge in [0.25, 0.3) is 11.8 Å². The van der Waals surface area contributed by atoms with E-state index in [1.165, 1.54) is 30.3 Å². The molecular weight excluding hydrogens is 575 g/mol. The number of hydrogen-bond donors (Lipinski definition) is 2. The Morgan fingerprint density at radius 3 is 2.74 bits per heavy atom. The number of likely N-dealkylation sites (tertiary alicyclic amines) is 1. The molecule has 2 heterocycles. The van der Waals surface area contributed by atoms with Crippen LogP contribution in [0.5, 0.6) is 11.5 Å². The molecule has 1 aliphatic rings. The number of hydrogen-bond acceptors (Lipinski definition) is 6. The van der Waals surface area contributed by atoms with Crippen molar-refractivity contribution in [3.63, 3.8) is 0 Å². The van der Waals surface area contributed by atoms with E-state index in [2.05, 4.69) is 5.32 Å². The lowest BCUT2D eigenvalue weighted by atomic mass is 9.93. The zero-order chi connectivity index (χ0) is 30.5. The summed E-state index contributed by atoms with van der Waals surface area (Å²) in [6, 6.07) is 16.7. The van der Waals surface area contributed by atoms with Gasteiger partial charge in [-0.3, -0.25) is 9.59 Å². The Hall–Kier alpha value is -4.37. The number of fused-ring (bicyclic) bond motifs is 1. The van der Waals surface area contributed by atoms with Gasteiger partial charge in [-0.05, 0) is 81.0 Å². The van der Waals surface area contributed by atoms with Crippen molar-refractivity contribution in [2.75, 3.05) is 19.6 Å². The van der Waals surface area contributed by atoms with Gasteiger partial charge in [-0.2, -0.15) is 0 Å². The summed E-state index contributed by atoms with van der Waals surface area (Å²) in [6.45, 7) is 3.41. The van der Waals surface area contributed by atoms with E-state index in [4.69, 9.17) is 20.8 Å². The number of carbonyl (C=O) groups is 2. The van der Waals surface area contributed by atoms with Crippen LogP contribution in [0.3, 0.4) is 0 Å². The van der Waals surface area contributed by atoms with Gasteiger partial charge in [0.05, 0.1) is 10.6 Å². The summed E-state index contributed by atoms with van der Waals surface area (Å²) in [4.78, 5) is 39.7. The Balaban J connectivity index is 1.17. The maximum absolute atomic E-state index is 13.6. The number of rotatable bonds is 9. The lowest BCUT2D eigenvalue weighted by molar-refractivity contribution is -0.139. The first-order valence-corrected chi connectivity index (χ1v) is 14.6. The molecule has 1 saturated heterocycles. The minimum absolute atomic E-state index is 0.0503. The molecule has 10 heteroatoms. The van der Waals surface area contributed by atoms with Crippen LogP contribution in [0, 0.1) is 11.7 Å². The lowest BCUT2D eigenvalue weighted by Gasteiger charge is -2.34. The van der Waals surface area contributed by atoms with Crippen LogP contribution in [0.2, 0.25) is 5.02 Å². The van der Waals surface area contributed by atoms with Crippen molar-refractivity contribution >= 4 is 34.4 Å². The molecule has 2 amide bonds. The van der Waals surface area contributed by atoms with Crippen LogP contribution in [0.15, 0.2) is 75.9 Å². The number of carbonyl (C=O) groups excluding carboxylic acids is 2. The zero-order valence-electron chi connectivity index (χ0n) is 23.6. The first kappa shape index (κ1) is 30.1. The minimum Gasteiger partial charge on any atom is -0.507 e. The summed E-state index contributed by atoms with van der Waals surface area (Å²) in [7, 11) is 0. The Bertz CT molecular complexity index is 1710. The summed E-state index contributed by atoms with van der Waals surface area (Å²) in [5.74, 6) is -0.305. The van der Waals surface area contributed by atoms with Gasteiger partial charge < -0.3 is 24.5 Å². The molecule has 224 valence electrons. The predicted octanol–water partition coefficient (Wildman–Crippen LogP) is 6.17. The molecule has 0 unspecified atom stereocenters. The third kappa shape index (κ3) is 7.17. The van der Waals surface area contributed by atoms with E-state index in [0.29, 0.717) is 47.8 Å². The van der Waals surface area contributed by atoms with Crippen LogP contribution in [-0.2, 0) is 4.79 Å². The molecule has 5 rings (SSSR count). The standard InChI is InChI=1S/C33H32ClFN2O6/c1-20(33(41)37-15-5-7-21(19-37)6-4-14-36-32(40)26-8-2-3-9-29(26)38)42-23-11-13-25-27(18-31(39)43-30(25)17-23)24-12-10-22(35)16-28(24)34/h2-3,8-13,16-18,20-21,38H,4-7,14-15,19H2,1H3,(H,36,40)/t20-,21+/m1/s1. The van der Waals surface area contributed by atoms with Crippen LogP contribution in [-0.4, -0.2) is 47.6 Å². The summed E-state index contributed by atoms with van der Waals surface area (Å²) in [5, 5.41) is 13.5. The molecule has 1 aliphatic heterocycles. The zero-order valence-corrected chi connectivity index (χ0v) is 24.4. The fourth-order valence-electron chi connectivity index (χ4n) is 5.51. The first-order chi connectivity index (χ1) is 20.7. The van der Waals surface area contributed by atoms with Crippen molar-refractivity contribution in [1.29, 1.82) is 0 Å². The highest BCUT2D eigenvalue weighted by molar-refractivity contribution is 6.33. The highest BCUT2D eigenvalue weighted by Crippen LogP contribution is 2.34. The third-order valence-electron chi connectivity index (χ3n) is 7.65. The van der Waals surface area contributed by atoms with Gasteiger partial charge in [0.1, 0.15) is 22.9 Å². The molecular formula is C33H32ClFN2O6. The molecule has 0 saturated carbocycles. The number of benzene rings is 3. The van der Waals surface area contributed by atoms with Gasteiger partial charge in [-0.15, -0.1) is 0 Å². The minimum atomic E-state index is -0.768. The van der Waals surface area contributed by atoms with E-state index in [-0.39, 0.29) is 33.7 Å². The molecule has 3 aromatic carbocycles. The molecule has 0 spiro atoms. The van der Waals surface area contributed by atoms with E-state index in [9.17, 15) is 23.9 Å². The second-order valence-corrected chi connectivity index (χ2v) is 11.1. The number of aromatic hydroxyl groups is 1. The average Bonchev–Trinajstić information content (AvgIpc) is 2.98. The van der Waals surface area contributed by atoms with Crippen molar-refractivity contribution in [2.45, 2.75) is 38.7 Å². The van der Waals surface area contributed by atoms with Gasteiger partial charge in [0.2, 0.25) is 0 Å². The Kier molecular flexibility index (Phi) is 9.31. The van der Waals surface area contributed by atoms with E-state index >= 15 is 0 Å². The van der Waals surface area contributed by atoms with E-state index in [0.717, 1.165) is 25.7 Å². The molecule has 1 aromatic heterocycles. The molecule has 4 aromatic rings. The number of nitrogens with zero attached hydrogens (tertiary/aromatic N) is 1. The number of para-hydroxylation sites is 1. The Labute approximate surface area is 253 Å². The fraction of sp³-hybridized carbons (Fsp3) is 0.303. The van der Waals surface area contributed by atoms with Crippen molar-refractivity contribution < 1.29 is 28.2 Å². The van der Waals surface area contributed by atoms with E-state index in [1.54, 1.807) is 43.3 Å². The average molecular weight is 607 g/mol. The van der Waals surface area contributed by atoms with Crippen LogP contribution >= 0.6 is 11.6 Å². The van der Waals surface area contributed by atoms with Gasteiger partial charge in [0.15, 0.2) is 6.10 Å². The Morgan fingerprint density at radius 1 is 1.14 bits per heavy atom. The van der Waals surface area contributed by atoms with Crippen molar-refractivity contribution in [3.05, 3.63) is 93.6 Å². The van der Waals surface area contributed by atoms with Gasteiger partial charge in [-0.25, -0.2) is 9.18 Å². The number of ether oxygens (including phenoxy) is 1. The summed E-state index contributed by atoms with van der Waals surface area (Å²) in [5.41, 5.74) is 0.908. The van der Waals surface area contributed by atoms with Crippen molar-refractivity contribution in [1.82, 2.24) is 10.2 Å². The number of phenols is 1. The largest absolute Gasteiger partial charge is 0.507 e. The summed E-state index contributed by atoms with van der Waals surface area (Å²) >= 11 is 6.25. The third-order valence-corrected chi connectivity index (χ3v) is 7.96. The molecule has 2 atom stereocenters. The molecule has 0 radical (unpaired) electrons. The predicted molar refractivity (Wildman–Crippen MR) is 162 cm³/mol. The molecule has 0 bridgehead atoms. The molecule has 43 heavy (non-hydrogen) atoms. The Morgan fingerprint density at radius 2 is 1.95 bits per heavy atom. The monoisotopic (exact) mass is 606 g/mol. The number of halogens is 2. The van der Waals surface area contributed by atoms with Crippen LogP contribution in [0.25, 0.3) is 22.1 Å². The number of nitrogens with one attached hydrogen (secondary N) is 1. The SMILES string of the molecule is C[C@@H](Oc1ccc2c(-c3ccc(F)cc3Cl)cc(=O)oc2c1)C(=O)N1CCC[C@H](CCCNC(=O)c2ccccc2O)C1. The molecule has 1 fully saturated rings. The smallest absolute Gasteiger partial charge is 0.336 e. The second-order valence-electron chi connectivity index (χ2n) is 10.7. The maximum atomic E-state index is 13.6. The van der Waals surface area contributed by atoms with Crippen molar-refractivity contribution in [3.8, 4) is 22.6 Å². The van der Waals surface area contributed by atoms with Crippen LogP contribution in [0.1, 0.15) is 43.0 Å². The van der Waals surface area contributed by atoms with Gasteiger partial charge >= 0.3 is 5.63 Å². The second kappa shape index (κ2) is 13.3. The quantitative estimate of drug-likeness (QED) is 0.174. The number of piperidine rings is 1. The number of phenolic OH excluding ortho intramolecular Hbond substituents is 1. The topological polar surface area (TPSA) is 109 Å². The van der Waals surface area contributed by atoms with Crippen LogP contribution in [0.4, 0.5) is 4.39 Å². The normalized spacial score (nSPS) is 15.7. The first-order valence-electron chi connectivity index (χ1n) is 14.2. The van der Waals surface area contributed by atoms with E-state index in [1.807, 2.05) is 4.90 Å². The highest BCUT2D eigenvalue weighted by atomic mass is 35.5. The maximum Gasteiger partial charge on any atom is 0.336 e. The summed E-state index contributed by atoms with van der Waals surface area (Å²) < 4.78 is 25.0. The highest BCUT2D eigenvalue weighted by Gasteiger charge is 2.28. The van der Waals surface area contributed by atoms with Crippen LogP contribution < -0.4 is 15.7 Å². The molecule has 2 N–H and O–H groups in total. The molecule has 0 aliphatic carbocycles. The lowest BCUT2D eigenvalue weighted by Crippen LogP contribution is -2.45. The van der Waals surface area contributed by atoms with Gasteiger partial charge in [-0.1, -0.05) is 23.7 Å². The summed E-state index contributed by atoms with van der Waals surface area (Å²) in [6.07, 6.45) is 2.71. The van der Waals surface area contributed by atoms with Crippen molar-refractivity contribution in [2.24, 2.45) is 5.92 Å². The molecule has 8 nitrogen and oxygen atoms in total. The fourth-order valence-corrected chi connectivity index (χ4v) is 5.78.